The van der Waals surface area contributed by atoms with E-state index < -0.39 is 11.2 Å². The van der Waals surface area contributed by atoms with Crippen LogP contribution in [0.4, 0.5) is 13.2 Å². The van der Waals surface area contributed by atoms with Crippen LogP contribution in [0.15, 0.2) is 6.20 Å². The zero-order valence-corrected chi connectivity index (χ0v) is 12.6. The molecule has 0 aliphatic rings. The molecule has 1 unspecified atom stereocenters. The van der Waals surface area contributed by atoms with Crippen LogP contribution in [0.5, 0.6) is 0 Å². The Labute approximate surface area is 116 Å². The first-order chi connectivity index (χ1) is 8.63. The molecule has 0 saturated carbocycles. The van der Waals surface area contributed by atoms with Crippen LogP contribution in [0.1, 0.15) is 56.5 Å². The predicted octanol–water partition coefficient (Wildman–Crippen LogP) is 4.64. The Balaban J connectivity index is 2.88. The van der Waals surface area contributed by atoms with E-state index in [1.807, 2.05) is 6.92 Å². The zero-order chi connectivity index (χ0) is 14.7. The van der Waals surface area contributed by atoms with Crippen LogP contribution >= 0.6 is 11.3 Å². The van der Waals surface area contributed by atoms with Gasteiger partial charge < -0.3 is 5.32 Å². The van der Waals surface area contributed by atoms with Crippen LogP contribution in [0, 0.1) is 5.41 Å². The van der Waals surface area contributed by atoms with E-state index in [4.69, 9.17) is 0 Å². The lowest BCUT2D eigenvalue weighted by Crippen LogP contribution is -2.25. The Hall–Kier alpha value is -0.620. The second kappa shape index (κ2) is 6.22. The van der Waals surface area contributed by atoms with Gasteiger partial charge in [0.05, 0.1) is 0 Å². The lowest BCUT2D eigenvalue weighted by atomic mass is 9.87. The molecule has 0 radical (unpaired) electrons. The Morgan fingerprint density at radius 3 is 2.37 bits per heavy atom. The molecular formula is C13H21F3N2S. The van der Waals surface area contributed by atoms with Crippen molar-refractivity contribution in [2.45, 2.75) is 52.8 Å². The molecule has 2 nitrogen and oxygen atoms in total. The summed E-state index contributed by atoms with van der Waals surface area (Å²) in [6, 6.07) is -0.0615. The van der Waals surface area contributed by atoms with Crippen molar-refractivity contribution in [3.8, 4) is 0 Å². The number of thiazole rings is 1. The van der Waals surface area contributed by atoms with E-state index in [1.54, 1.807) is 0 Å². The molecule has 19 heavy (non-hydrogen) atoms. The second-order valence-corrected chi connectivity index (χ2v) is 6.90. The SMILES string of the molecule is CCCNC(CC(C)(C)C)c1cnc(C(F)(F)F)s1. The van der Waals surface area contributed by atoms with Crippen LogP contribution in [0.3, 0.4) is 0 Å². The predicted molar refractivity (Wildman–Crippen MR) is 72.2 cm³/mol. The molecule has 1 atom stereocenters. The maximum absolute atomic E-state index is 12.6. The smallest absolute Gasteiger partial charge is 0.309 e. The van der Waals surface area contributed by atoms with E-state index in [2.05, 4.69) is 31.1 Å². The zero-order valence-electron chi connectivity index (χ0n) is 11.8. The van der Waals surface area contributed by atoms with E-state index in [1.165, 1.54) is 6.20 Å². The molecule has 1 N–H and O–H groups in total. The van der Waals surface area contributed by atoms with Gasteiger partial charge in [-0.2, -0.15) is 13.2 Å². The number of nitrogens with one attached hydrogen (secondary N) is 1. The van der Waals surface area contributed by atoms with Gasteiger partial charge in [0.1, 0.15) is 0 Å². The van der Waals surface area contributed by atoms with Crippen molar-refractivity contribution in [3.05, 3.63) is 16.1 Å². The maximum atomic E-state index is 12.6. The number of rotatable bonds is 5. The lowest BCUT2D eigenvalue weighted by molar-refractivity contribution is -0.137. The van der Waals surface area contributed by atoms with Gasteiger partial charge in [-0.05, 0) is 24.8 Å². The quantitative estimate of drug-likeness (QED) is 0.855. The van der Waals surface area contributed by atoms with E-state index in [9.17, 15) is 13.2 Å². The molecule has 1 aromatic heterocycles. The summed E-state index contributed by atoms with van der Waals surface area (Å²) >= 11 is 0.740. The highest BCUT2D eigenvalue weighted by Crippen LogP contribution is 2.37. The van der Waals surface area contributed by atoms with Gasteiger partial charge in [-0.1, -0.05) is 27.7 Å². The van der Waals surface area contributed by atoms with Gasteiger partial charge in [-0.25, -0.2) is 4.98 Å². The summed E-state index contributed by atoms with van der Waals surface area (Å²) in [6.45, 7) is 9.08. The maximum Gasteiger partial charge on any atom is 0.443 e. The van der Waals surface area contributed by atoms with Crippen LogP contribution in [-0.4, -0.2) is 11.5 Å². The van der Waals surface area contributed by atoms with Gasteiger partial charge in [0.25, 0.3) is 0 Å². The molecule has 1 rings (SSSR count). The standard InChI is InChI=1S/C13H21F3N2S/c1-5-6-17-9(7-12(2,3)4)10-8-18-11(19-10)13(14,15)16/h8-9,17H,5-7H2,1-4H3. The molecule has 6 heteroatoms. The largest absolute Gasteiger partial charge is 0.443 e. The minimum Gasteiger partial charge on any atom is -0.309 e. The summed E-state index contributed by atoms with van der Waals surface area (Å²) in [5.74, 6) is 0. The van der Waals surface area contributed by atoms with Crippen LogP contribution in [0.25, 0.3) is 0 Å². The highest BCUT2D eigenvalue weighted by molar-refractivity contribution is 7.11. The van der Waals surface area contributed by atoms with Crippen molar-refractivity contribution in [3.63, 3.8) is 0 Å². The molecule has 1 aromatic rings. The monoisotopic (exact) mass is 294 g/mol. The number of nitrogens with zero attached hydrogens (tertiary/aromatic N) is 1. The van der Waals surface area contributed by atoms with Crippen molar-refractivity contribution in [2.24, 2.45) is 5.41 Å². The van der Waals surface area contributed by atoms with E-state index in [0.29, 0.717) is 4.88 Å². The molecule has 1 heterocycles. The lowest BCUT2D eigenvalue weighted by Gasteiger charge is -2.26. The van der Waals surface area contributed by atoms with Gasteiger partial charge in [-0.3, -0.25) is 0 Å². The van der Waals surface area contributed by atoms with Gasteiger partial charge in [0.2, 0.25) is 0 Å². The first-order valence-corrected chi connectivity index (χ1v) is 7.21. The highest BCUT2D eigenvalue weighted by Gasteiger charge is 2.35. The Kier molecular flexibility index (Phi) is 5.38. The van der Waals surface area contributed by atoms with Crippen LogP contribution in [0.2, 0.25) is 0 Å². The molecule has 0 spiro atoms. The fourth-order valence-electron chi connectivity index (χ4n) is 1.78. The minimum absolute atomic E-state index is 0.0494. The molecule has 0 aromatic carbocycles. The molecular weight excluding hydrogens is 273 g/mol. The third-order valence-corrected chi connectivity index (χ3v) is 3.72. The van der Waals surface area contributed by atoms with Gasteiger partial charge >= 0.3 is 6.18 Å². The van der Waals surface area contributed by atoms with Crippen molar-refractivity contribution < 1.29 is 13.2 Å². The molecule has 110 valence electrons. The minimum atomic E-state index is -4.35. The van der Waals surface area contributed by atoms with Crippen molar-refractivity contribution >= 4 is 11.3 Å². The molecule has 0 aliphatic heterocycles. The Morgan fingerprint density at radius 1 is 1.32 bits per heavy atom. The Bertz CT molecular complexity index is 393. The van der Waals surface area contributed by atoms with E-state index in [-0.39, 0.29) is 11.5 Å². The van der Waals surface area contributed by atoms with Crippen LogP contribution < -0.4 is 5.32 Å². The third kappa shape index (κ3) is 5.48. The highest BCUT2D eigenvalue weighted by atomic mass is 32.1. The molecule has 0 amide bonds. The summed E-state index contributed by atoms with van der Waals surface area (Å²) in [6.07, 6.45) is -1.26. The fourth-order valence-corrected chi connectivity index (χ4v) is 2.64. The summed E-state index contributed by atoms with van der Waals surface area (Å²) in [7, 11) is 0. The van der Waals surface area contributed by atoms with Crippen molar-refractivity contribution in [1.29, 1.82) is 0 Å². The average Bonchev–Trinajstić information content (AvgIpc) is 2.71. The number of aromatic nitrogens is 1. The van der Waals surface area contributed by atoms with Crippen molar-refractivity contribution in [2.75, 3.05) is 6.54 Å². The second-order valence-electron chi connectivity index (χ2n) is 5.84. The summed E-state index contributed by atoms with van der Waals surface area (Å²) in [5, 5.41) is 2.55. The fraction of sp³-hybridized carbons (Fsp3) is 0.769. The first-order valence-electron chi connectivity index (χ1n) is 6.40. The third-order valence-electron chi connectivity index (χ3n) is 2.57. The molecule has 0 saturated heterocycles. The topological polar surface area (TPSA) is 24.9 Å². The van der Waals surface area contributed by atoms with Gasteiger partial charge in [0, 0.05) is 17.1 Å². The molecule has 0 bridgehead atoms. The molecule has 0 fully saturated rings. The van der Waals surface area contributed by atoms with Crippen LogP contribution in [-0.2, 0) is 6.18 Å². The van der Waals surface area contributed by atoms with E-state index in [0.717, 1.165) is 30.7 Å². The normalized spacial score (nSPS) is 14.7. The van der Waals surface area contributed by atoms with Gasteiger partial charge in [0.15, 0.2) is 5.01 Å². The first kappa shape index (κ1) is 16.4. The number of alkyl halides is 3. The summed E-state index contributed by atoms with van der Waals surface area (Å²) in [5.41, 5.74) is 0.0494. The number of halogens is 3. The summed E-state index contributed by atoms with van der Waals surface area (Å²) in [4.78, 5) is 4.16. The Morgan fingerprint density at radius 2 is 1.95 bits per heavy atom. The summed E-state index contributed by atoms with van der Waals surface area (Å²) < 4.78 is 37.7. The average molecular weight is 294 g/mol. The number of hydrogen-bond donors (Lipinski definition) is 1. The van der Waals surface area contributed by atoms with Gasteiger partial charge in [-0.15, -0.1) is 11.3 Å². The number of hydrogen-bond acceptors (Lipinski definition) is 3. The van der Waals surface area contributed by atoms with E-state index >= 15 is 0 Å². The molecule has 0 aliphatic carbocycles. The van der Waals surface area contributed by atoms with Crippen molar-refractivity contribution in [1.82, 2.24) is 10.3 Å².